The Morgan fingerprint density at radius 1 is 0.328 bits per heavy atom. The monoisotopic (exact) mass is 1300 g/mol. The molecule has 0 unspecified atom stereocenters. The van der Waals surface area contributed by atoms with Crippen LogP contribution in [0, 0.1) is 0 Å². The molecule has 8 bridgehead atoms. The number of rotatable bonds is 4. The molecule has 5 nitrogen and oxygen atoms in total. The van der Waals surface area contributed by atoms with Crippen LogP contribution in [-0.2, 0) is 21.0 Å². The molecule has 0 radical (unpaired) electrons. The van der Waals surface area contributed by atoms with Crippen LogP contribution in [0.4, 0.5) is 0 Å². The van der Waals surface area contributed by atoms with Crippen molar-refractivity contribution in [3.63, 3.8) is 0 Å². The average Bonchev–Trinajstić information content (AvgIpc) is 3.92. The Bertz CT molecular complexity index is 2610. The Morgan fingerprint density at radius 3 is 0.707 bits per heavy atom. The zero-order valence-electron chi connectivity index (χ0n) is 29.2. The minimum absolute atomic E-state index is 0.716. The number of fused-ring (bicyclic) bond motifs is 8. The Kier molecular flexibility index (Phi) is 13.1. The summed E-state index contributed by atoms with van der Waals surface area (Å²) in [4.78, 5) is 22.0. The molecule has 0 amide bonds. The van der Waals surface area contributed by atoms with Crippen molar-refractivity contribution in [1.29, 1.82) is 0 Å². The van der Waals surface area contributed by atoms with E-state index >= 15 is 0 Å². The Hall–Kier alpha value is -2.30. The van der Waals surface area contributed by atoms with Crippen LogP contribution >= 0.6 is 127 Å². The van der Waals surface area contributed by atoms with Crippen molar-refractivity contribution < 1.29 is 21.0 Å². The maximum absolute atomic E-state index is 8.19. The predicted molar refractivity (Wildman–Crippen MR) is 262 cm³/mol. The molecule has 2 aliphatic rings. The summed E-state index contributed by atoms with van der Waals surface area (Å²) in [6.07, 6.45) is 0. The van der Waals surface area contributed by atoms with Gasteiger partial charge in [-0.3, -0.25) is 0 Å². The predicted octanol–water partition coefficient (Wildman–Crippen LogP) is 16.4. The quantitative estimate of drug-likeness (QED) is 0.176. The molecule has 0 aliphatic carbocycles. The first-order chi connectivity index (χ1) is 28.2. The number of nitrogens with zero attached hydrogens (tertiary/aromatic N) is 4. The fraction of sp³-hybridized carbons (Fsp3) is 0. The van der Waals surface area contributed by atoms with Gasteiger partial charge in [0.25, 0.3) is 0 Å². The second-order valence-electron chi connectivity index (χ2n) is 12.7. The molecule has 0 fully saturated rings. The van der Waals surface area contributed by atoms with Crippen molar-refractivity contribution in [2.24, 2.45) is 0 Å². The number of benzene rings is 4. The minimum atomic E-state index is 0.716. The Labute approximate surface area is 409 Å². The van der Waals surface area contributed by atoms with Gasteiger partial charge < -0.3 is 9.97 Å². The third kappa shape index (κ3) is 7.43. The van der Waals surface area contributed by atoms with Crippen LogP contribution in [-0.4, -0.2) is 9.97 Å². The van der Waals surface area contributed by atoms with E-state index in [1.54, 1.807) is 0 Å². The summed E-state index contributed by atoms with van der Waals surface area (Å²) in [5, 5.41) is 0. The van der Waals surface area contributed by atoms with Gasteiger partial charge in [-0.2, -0.15) is 0 Å². The number of aromatic nitrogens is 4. The van der Waals surface area contributed by atoms with Crippen molar-refractivity contribution in [2.75, 3.05) is 0 Å². The molecule has 5 heterocycles. The Balaban J connectivity index is 0.00000231. The molecule has 14 heteroatoms. The van der Waals surface area contributed by atoms with Crippen LogP contribution in [0.2, 0.25) is 0 Å². The first-order valence-corrected chi connectivity index (χ1v) is 24.0. The van der Waals surface area contributed by atoms with Crippen LogP contribution < -0.4 is 9.97 Å². The van der Waals surface area contributed by atoms with Crippen LogP contribution in [0.1, 0.15) is 22.8 Å². The molecule has 0 atom stereocenters. The summed E-state index contributed by atoms with van der Waals surface area (Å²) in [6, 6.07) is 40.9. The van der Waals surface area contributed by atoms with Crippen molar-refractivity contribution >= 4 is 167 Å². The van der Waals surface area contributed by atoms with Gasteiger partial charge in [0.2, 0.25) is 0 Å². The molecule has 0 saturated carbocycles. The first kappa shape index (κ1) is 42.4. The summed E-state index contributed by atoms with van der Waals surface area (Å²) in [5.74, 6) is 0. The fourth-order valence-electron chi connectivity index (χ4n) is 6.96. The molecular formula is C44H20Br8N4OV. The summed E-state index contributed by atoms with van der Waals surface area (Å²) < 4.78 is 14.5. The van der Waals surface area contributed by atoms with E-state index in [1.807, 2.05) is 72.8 Å². The maximum atomic E-state index is 8.19. The van der Waals surface area contributed by atoms with E-state index in [-0.39, 0.29) is 0 Å². The summed E-state index contributed by atoms with van der Waals surface area (Å²) >= 11 is 33.0. The number of hydrogen-bond acceptors (Lipinski definition) is 3. The zero-order valence-corrected chi connectivity index (χ0v) is 43.3. The van der Waals surface area contributed by atoms with E-state index in [0.29, 0.717) is 44.8 Å². The molecule has 0 spiro atoms. The van der Waals surface area contributed by atoms with Crippen LogP contribution in [0.5, 0.6) is 0 Å². The summed E-state index contributed by atoms with van der Waals surface area (Å²) in [7, 11) is 0. The third-order valence-corrected chi connectivity index (χ3v) is 17.8. The molecule has 2 aliphatic heterocycles. The van der Waals surface area contributed by atoms with Gasteiger partial charge in [0, 0.05) is 17.9 Å². The molecule has 3 aromatic heterocycles. The molecule has 4 aromatic carbocycles. The molecule has 0 saturated heterocycles. The number of halogens is 8. The van der Waals surface area contributed by atoms with E-state index in [4.69, 9.17) is 23.6 Å². The van der Waals surface area contributed by atoms with E-state index in [0.717, 1.165) is 97.7 Å². The van der Waals surface area contributed by atoms with E-state index in [9.17, 15) is 0 Å². The Morgan fingerprint density at radius 2 is 0.517 bits per heavy atom. The molecule has 0 N–H and O–H groups in total. The second kappa shape index (κ2) is 18.0. The van der Waals surface area contributed by atoms with Crippen molar-refractivity contribution in [3.8, 4) is 44.5 Å². The molecule has 58 heavy (non-hydrogen) atoms. The second-order valence-corrected chi connectivity index (χ2v) is 19.1. The van der Waals surface area contributed by atoms with Crippen molar-refractivity contribution in [1.82, 2.24) is 19.9 Å². The number of hydrogen-bond donors (Lipinski definition) is 0. The fourth-order valence-corrected chi connectivity index (χ4v) is 10.8. The van der Waals surface area contributed by atoms with Gasteiger partial charge >= 0.3 is 21.0 Å². The standard InChI is InChI=1S/C44H20Br8N4.O.V/c45-29-31(47)39-26(22-15-7-2-8-16-22)41-33(49)35(51)43(55-41)28(24-19-11-4-12-20-24)44-36(52)34(50)42(56-44)27(23-17-9-3-10-18-23)40-32(48)30(46)38(54-40)25(37(29)53-39)21-13-5-1-6-14-21;;/h1-20H;;/q-2;;+2. The van der Waals surface area contributed by atoms with E-state index < -0.39 is 0 Å². The van der Waals surface area contributed by atoms with E-state index in [1.165, 1.54) is 0 Å². The van der Waals surface area contributed by atoms with Crippen LogP contribution in [0.3, 0.4) is 0 Å². The zero-order chi connectivity index (χ0) is 40.8. The van der Waals surface area contributed by atoms with Crippen molar-refractivity contribution in [2.45, 2.75) is 0 Å². The van der Waals surface area contributed by atoms with Gasteiger partial charge in [0.15, 0.2) is 0 Å². The van der Waals surface area contributed by atoms with Gasteiger partial charge in [-0.1, -0.05) is 185 Å². The van der Waals surface area contributed by atoms with E-state index in [2.05, 4.69) is 176 Å². The molecule has 9 rings (SSSR count). The third-order valence-electron chi connectivity index (χ3n) is 9.47. The summed E-state index contributed by atoms with van der Waals surface area (Å²) in [5.41, 5.74) is 12.9. The van der Waals surface area contributed by atoms with Crippen molar-refractivity contribution in [3.05, 3.63) is 162 Å². The topological polar surface area (TPSA) is 71.1 Å². The first-order valence-electron chi connectivity index (χ1n) is 17.1. The molecule has 7 aromatic rings. The van der Waals surface area contributed by atoms with Crippen LogP contribution in [0.25, 0.3) is 84.5 Å². The van der Waals surface area contributed by atoms with Gasteiger partial charge in [-0.05, 0) is 108 Å². The summed E-state index contributed by atoms with van der Waals surface area (Å²) in [6.45, 7) is 0. The van der Waals surface area contributed by atoms with Gasteiger partial charge in [0.05, 0.1) is 40.7 Å². The van der Waals surface area contributed by atoms with Crippen LogP contribution in [0.15, 0.2) is 139 Å². The van der Waals surface area contributed by atoms with Gasteiger partial charge in [0.1, 0.15) is 0 Å². The SMILES string of the molecule is BrC1=C(Br)c2nc1c(-c1ccccc1)c1[n-]c(c(Br)c1Br)c(-c1ccccc1)c1nc(c(-c3ccccc3)c3[n-]c(c(Br)c3Br)c2-c2ccccc2)C(Br)=C1Br.[O]=[V+2]. The molecule has 283 valence electrons. The average molecular weight is 1310 g/mol. The van der Waals surface area contributed by atoms with Gasteiger partial charge in [-0.25, -0.2) is 9.97 Å². The van der Waals surface area contributed by atoms with Gasteiger partial charge in [-0.15, -0.1) is 22.1 Å². The normalized spacial score (nSPS) is 12.5. The molecular weight excluding hydrogens is 1290 g/mol.